The van der Waals surface area contributed by atoms with E-state index in [1.807, 2.05) is 48.5 Å². The first-order valence-corrected chi connectivity index (χ1v) is 8.20. The molecule has 120 valence electrons. The Morgan fingerprint density at radius 1 is 1.17 bits per heavy atom. The fourth-order valence-electron chi connectivity index (χ4n) is 3.01. The number of hydrogen-bond acceptors (Lipinski definition) is 3. The number of aromatic nitrogens is 1. The molecule has 1 aliphatic rings. The van der Waals surface area contributed by atoms with Crippen LogP contribution in [0.2, 0.25) is 0 Å². The number of allylic oxidation sites excluding steroid dienone is 2. The first-order valence-electron chi connectivity index (χ1n) is 8.20. The van der Waals surface area contributed by atoms with Gasteiger partial charge in [0.1, 0.15) is 5.52 Å². The zero-order chi connectivity index (χ0) is 16.4. The highest BCUT2D eigenvalue weighted by Crippen LogP contribution is 2.25. The van der Waals surface area contributed by atoms with E-state index < -0.39 is 0 Å². The number of carbonyl (C=O) groups is 1. The van der Waals surface area contributed by atoms with Crippen molar-refractivity contribution in [2.75, 3.05) is 5.32 Å². The molecular weight excluding hydrogens is 300 g/mol. The van der Waals surface area contributed by atoms with E-state index in [1.165, 1.54) is 0 Å². The smallest absolute Gasteiger partial charge is 0.227 e. The maximum atomic E-state index is 12.1. The third kappa shape index (κ3) is 3.08. The van der Waals surface area contributed by atoms with Crippen LogP contribution in [0.15, 0.2) is 65.1 Å². The number of para-hydroxylation sites is 2. The number of carbonyl (C=O) groups excluding carboxylic acids is 1. The van der Waals surface area contributed by atoms with Gasteiger partial charge in [-0.15, -0.1) is 0 Å². The van der Waals surface area contributed by atoms with Crippen molar-refractivity contribution >= 4 is 22.7 Å². The van der Waals surface area contributed by atoms with Crippen molar-refractivity contribution in [3.8, 4) is 11.5 Å². The predicted octanol–water partition coefficient (Wildman–Crippen LogP) is 4.79. The van der Waals surface area contributed by atoms with Crippen LogP contribution in [0, 0.1) is 5.92 Å². The van der Waals surface area contributed by atoms with E-state index in [2.05, 4.69) is 22.5 Å². The fraction of sp³-hybridized carbons (Fsp3) is 0.200. The Morgan fingerprint density at radius 2 is 2.00 bits per heavy atom. The Labute approximate surface area is 140 Å². The minimum absolute atomic E-state index is 0.0566. The summed E-state index contributed by atoms with van der Waals surface area (Å²) in [6, 6.07) is 15.3. The number of amides is 1. The van der Waals surface area contributed by atoms with Gasteiger partial charge >= 0.3 is 0 Å². The molecule has 0 aliphatic heterocycles. The minimum atomic E-state index is 0.0566. The molecule has 1 unspecified atom stereocenters. The van der Waals surface area contributed by atoms with Gasteiger partial charge in [0.15, 0.2) is 5.58 Å². The van der Waals surface area contributed by atoms with Crippen LogP contribution >= 0.6 is 0 Å². The second-order valence-corrected chi connectivity index (χ2v) is 6.08. The van der Waals surface area contributed by atoms with Gasteiger partial charge in [-0.2, -0.15) is 0 Å². The largest absolute Gasteiger partial charge is 0.436 e. The normalized spacial score (nSPS) is 16.6. The lowest BCUT2D eigenvalue weighted by molar-refractivity contribution is -0.116. The molecule has 24 heavy (non-hydrogen) atoms. The van der Waals surface area contributed by atoms with Gasteiger partial charge in [-0.05, 0) is 55.2 Å². The maximum Gasteiger partial charge on any atom is 0.227 e. The molecule has 4 nitrogen and oxygen atoms in total. The topological polar surface area (TPSA) is 55.1 Å². The van der Waals surface area contributed by atoms with E-state index in [4.69, 9.17) is 4.42 Å². The molecule has 3 aromatic rings. The number of fused-ring (bicyclic) bond motifs is 1. The highest BCUT2D eigenvalue weighted by Gasteiger charge is 2.14. The van der Waals surface area contributed by atoms with E-state index in [0.717, 1.165) is 35.2 Å². The van der Waals surface area contributed by atoms with Gasteiger partial charge in [-0.1, -0.05) is 24.3 Å². The summed E-state index contributed by atoms with van der Waals surface area (Å²) in [4.78, 5) is 16.5. The molecule has 0 bridgehead atoms. The summed E-state index contributed by atoms with van der Waals surface area (Å²) >= 11 is 0. The number of rotatable bonds is 4. The summed E-state index contributed by atoms with van der Waals surface area (Å²) in [5.41, 5.74) is 3.30. The van der Waals surface area contributed by atoms with Crippen molar-refractivity contribution < 1.29 is 9.21 Å². The Bertz CT molecular complexity index is 860. The van der Waals surface area contributed by atoms with Crippen LogP contribution in [-0.4, -0.2) is 10.9 Å². The Kier molecular flexibility index (Phi) is 3.87. The molecule has 0 spiro atoms. The number of oxazole rings is 1. The Morgan fingerprint density at radius 3 is 2.75 bits per heavy atom. The third-order valence-electron chi connectivity index (χ3n) is 4.27. The van der Waals surface area contributed by atoms with Crippen LogP contribution < -0.4 is 5.32 Å². The molecule has 1 atom stereocenters. The highest BCUT2D eigenvalue weighted by molar-refractivity contribution is 5.91. The summed E-state index contributed by atoms with van der Waals surface area (Å²) in [5, 5.41) is 2.95. The second kappa shape index (κ2) is 6.32. The van der Waals surface area contributed by atoms with E-state index in [9.17, 15) is 4.79 Å². The number of nitrogens with one attached hydrogen (secondary N) is 1. The Hall–Kier alpha value is -2.88. The lowest BCUT2D eigenvalue weighted by Gasteiger charge is -2.09. The van der Waals surface area contributed by atoms with Crippen molar-refractivity contribution in [2.45, 2.75) is 19.3 Å². The van der Waals surface area contributed by atoms with Crippen molar-refractivity contribution in [3.63, 3.8) is 0 Å². The molecule has 1 heterocycles. The number of benzene rings is 2. The molecule has 0 radical (unpaired) electrons. The standard InChI is InChI=1S/C20H18N2O2/c23-19(13-14-5-1-2-6-14)21-16-11-9-15(10-12-16)20-22-17-7-3-4-8-18(17)24-20/h1,3-5,7-12,14H,2,6,13H2,(H,21,23). The third-order valence-corrected chi connectivity index (χ3v) is 4.27. The van der Waals surface area contributed by atoms with Gasteiger partial charge in [-0.3, -0.25) is 4.79 Å². The quantitative estimate of drug-likeness (QED) is 0.704. The average Bonchev–Trinajstić information content (AvgIpc) is 3.24. The van der Waals surface area contributed by atoms with Gasteiger partial charge in [-0.25, -0.2) is 4.98 Å². The number of nitrogens with zero attached hydrogens (tertiary/aromatic N) is 1. The van der Waals surface area contributed by atoms with Crippen molar-refractivity contribution in [3.05, 3.63) is 60.7 Å². The molecule has 1 aromatic heterocycles. The second-order valence-electron chi connectivity index (χ2n) is 6.08. The SMILES string of the molecule is O=C(CC1C=CCC1)Nc1ccc(-c2nc3ccccc3o2)cc1. The maximum absolute atomic E-state index is 12.1. The number of hydrogen-bond donors (Lipinski definition) is 1. The fourth-order valence-corrected chi connectivity index (χ4v) is 3.01. The van der Waals surface area contributed by atoms with E-state index >= 15 is 0 Å². The lowest BCUT2D eigenvalue weighted by atomic mass is 10.0. The van der Waals surface area contributed by atoms with Gasteiger partial charge in [0.05, 0.1) is 0 Å². The van der Waals surface area contributed by atoms with E-state index in [-0.39, 0.29) is 5.91 Å². The summed E-state index contributed by atoms with van der Waals surface area (Å²) in [7, 11) is 0. The molecule has 0 saturated carbocycles. The van der Waals surface area contributed by atoms with E-state index in [1.54, 1.807) is 0 Å². The van der Waals surface area contributed by atoms with Crippen LogP contribution in [-0.2, 0) is 4.79 Å². The predicted molar refractivity (Wildman–Crippen MR) is 94.6 cm³/mol. The van der Waals surface area contributed by atoms with Gasteiger partial charge in [0.2, 0.25) is 11.8 Å². The molecular formula is C20H18N2O2. The van der Waals surface area contributed by atoms with Crippen molar-refractivity contribution in [1.29, 1.82) is 0 Å². The molecule has 0 fully saturated rings. The number of anilines is 1. The van der Waals surface area contributed by atoms with Crippen LogP contribution in [0.1, 0.15) is 19.3 Å². The summed E-state index contributed by atoms with van der Waals surface area (Å²) in [5.74, 6) is 1.02. The molecule has 4 heteroatoms. The average molecular weight is 318 g/mol. The monoisotopic (exact) mass is 318 g/mol. The van der Waals surface area contributed by atoms with Crippen LogP contribution in [0.5, 0.6) is 0 Å². The van der Waals surface area contributed by atoms with Crippen LogP contribution in [0.25, 0.3) is 22.6 Å². The Balaban J connectivity index is 1.46. The lowest BCUT2D eigenvalue weighted by Crippen LogP contribution is -2.14. The van der Waals surface area contributed by atoms with Gasteiger partial charge < -0.3 is 9.73 Å². The molecule has 1 aliphatic carbocycles. The minimum Gasteiger partial charge on any atom is -0.436 e. The van der Waals surface area contributed by atoms with E-state index in [0.29, 0.717) is 18.2 Å². The first-order chi connectivity index (χ1) is 11.8. The molecule has 1 amide bonds. The van der Waals surface area contributed by atoms with Crippen molar-refractivity contribution in [2.24, 2.45) is 5.92 Å². The molecule has 2 aromatic carbocycles. The van der Waals surface area contributed by atoms with Crippen molar-refractivity contribution in [1.82, 2.24) is 4.98 Å². The zero-order valence-electron chi connectivity index (χ0n) is 13.2. The molecule has 4 rings (SSSR count). The van der Waals surface area contributed by atoms with Gasteiger partial charge in [0.25, 0.3) is 0 Å². The van der Waals surface area contributed by atoms with Crippen LogP contribution in [0.3, 0.4) is 0 Å². The highest BCUT2D eigenvalue weighted by atomic mass is 16.3. The van der Waals surface area contributed by atoms with Gasteiger partial charge in [0, 0.05) is 17.7 Å². The summed E-state index contributed by atoms with van der Waals surface area (Å²) in [6.45, 7) is 0. The molecule has 0 saturated heterocycles. The molecule has 1 N–H and O–H groups in total. The summed E-state index contributed by atoms with van der Waals surface area (Å²) < 4.78 is 5.76. The van der Waals surface area contributed by atoms with Crippen LogP contribution in [0.4, 0.5) is 5.69 Å². The summed E-state index contributed by atoms with van der Waals surface area (Å²) in [6.07, 6.45) is 6.98. The first kappa shape index (κ1) is 14.7. The zero-order valence-corrected chi connectivity index (χ0v) is 13.2.